The first-order chi connectivity index (χ1) is 10.1. The van der Waals surface area contributed by atoms with E-state index in [2.05, 4.69) is 5.32 Å². The molecule has 1 amide bonds. The van der Waals surface area contributed by atoms with Crippen LogP contribution in [-0.4, -0.2) is 40.2 Å². The molecule has 1 unspecified atom stereocenters. The average molecular weight is 327 g/mol. The van der Waals surface area contributed by atoms with Gasteiger partial charge in [0, 0.05) is 35.1 Å². The van der Waals surface area contributed by atoms with Crippen LogP contribution in [-0.2, 0) is 11.3 Å². The van der Waals surface area contributed by atoms with E-state index in [-0.39, 0.29) is 25.1 Å². The van der Waals surface area contributed by atoms with Crippen LogP contribution in [0.1, 0.15) is 6.42 Å². The van der Waals surface area contributed by atoms with Gasteiger partial charge in [0.1, 0.15) is 6.54 Å². The summed E-state index contributed by atoms with van der Waals surface area (Å²) in [5.41, 5.74) is 0.946. The third-order valence-electron chi connectivity index (χ3n) is 3.26. The summed E-state index contributed by atoms with van der Waals surface area (Å²) in [6.07, 6.45) is 4.44. The fourth-order valence-corrected chi connectivity index (χ4v) is 3.10. The first-order valence-corrected chi connectivity index (χ1v) is 8.54. The van der Waals surface area contributed by atoms with E-state index < -0.39 is 0 Å². The minimum Gasteiger partial charge on any atom is -0.396 e. The van der Waals surface area contributed by atoms with E-state index in [1.807, 2.05) is 41.3 Å². The Morgan fingerprint density at radius 2 is 2.29 bits per heavy atom. The minimum atomic E-state index is -0.0556. The molecule has 2 N–H and O–H groups in total. The molecule has 2 aromatic rings. The zero-order valence-electron chi connectivity index (χ0n) is 11.9. The number of fused-ring (bicyclic) bond motifs is 1. The van der Waals surface area contributed by atoms with Crippen molar-refractivity contribution in [1.82, 2.24) is 9.88 Å². The number of nitrogens with one attached hydrogen (secondary N) is 1. The number of halogens is 1. The third-order valence-corrected chi connectivity index (χ3v) is 4.23. The maximum atomic E-state index is 12.1. The molecule has 1 atom stereocenters. The van der Waals surface area contributed by atoms with Crippen molar-refractivity contribution in [2.75, 3.05) is 18.6 Å². The first-order valence-electron chi connectivity index (χ1n) is 6.77. The predicted octanol–water partition coefficient (Wildman–Crippen LogP) is 2.52. The molecular formula is C15H19ClN2O2S. The Kier molecular flexibility index (Phi) is 5.96. The van der Waals surface area contributed by atoms with Gasteiger partial charge in [-0.2, -0.15) is 11.8 Å². The molecule has 0 aliphatic rings. The number of hydrogen-bond donors (Lipinski definition) is 2. The molecule has 1 aromatic heterocycles. The highest BCUT2D eigenvalue weighted by atomic mass is 35.5. The Morgan fingerprint density at radius 3 is 3.00 bits per heavy atom. The molecule has 4 nitrogen and oxygen atoms in total. The number of aliphatic hydroxyl groups is 1. The van der Waals surface area contributed by atoms with Gasteiger partial charge in [0.25, 0.3) is 0 Å². The van der Waals surface area contributed by atoms with E-state index in [1.165, 1.54) is 0 Å². The van der Waals surface area contributed by atoms with Crippen molar-refractivity contribution in [2.45, 2.75) is 19.0 Å². The summed E-state index contributed by atoms with van der Waals surface area (Å²) in [5, 5.41) is 13.7. The second kappa shape index (κ2) is 7.73. The Balaban J connectivity index is 2.05. The standard InChI is InChI=1S/C15H19ClN2O2S/c1-21-10-13(5-7-19)17-15(20)9-18-6-4-11-2-3-12(16)8-14(11)18/h2-4,6,8,13,19H,5,7,9-10H2,1H3,(H,17,20). The van der Waals surface area contributed by atoms with E-state index in [4.69, 9.17) is 16.7 Å². The number of hydrogen-bond acceptors (Lipinski definition) is 3. The molecule has 0 aliphatic heterocycles. The maximum absolute atomic E-state index is 12.1. The van der Waals surface area contributed by atoms with Gasteiger partial charge in [0.2, 0.25) is 5.91 Å². The normalized spacial score (nSPS) is 12.5. The van der Waals surface area contributed by atoms with Gasteiger partial charge in [-0.25, -0.2) is 0 Å². The van der Waals surface area contributed by atoms with Gasteiger partial charge in [-0.3, -0.25) is 4.79 Å². The van der Waals surface area contributed by atoms with Crippen LogP contribution in [0, 0.1) is 0 Å². The molecule has 0 saturated carbocycles. The quantitative estimate of drug-likeness (QED) is 0.822. The van der Waals surface area contributed by atoms with Crippen LogP contribution in [0.5, 0.6) is 0 Å². The predicted molar refractivity (Wildman–Crippen MR) is 89.0 cm³/mol. The fourth-order valence-electron chi connectivity index (χ4n) is 2.28. The molecule has 0 radical (unpaired) electrons. The molecule has 2 rings (SSSR count). The summed E-state index contributed by atoms with van der Waals surface area (Å²) in [4.78, 5) is 12.1. The van der Waals surface area contributed by atoms with E-state index in [9.17, 15) is 4.79 Å². The van der Waals surface area contributed by atoms with Crippen LogP contribution in [0.4, 0.5) is 0 Å². The zero-order valence-corrected chi connectivity index (χ0v) is 13.5. The molecule has 0 bridgehead atoms. The highest BCUT2D eigenvalue weighted by molar-refractivity contribution is 7.98. The van der Waals surface area contributed by atoms with Gasteiger partial charge >= 0.3 is 0 Å². The van der Waals surface area contributed by atoms with Crippen molar-refractivity contribution < 1.29 is 9.90 Å². The first kappa shape index (κ1) is 16.2. The highest BCUT2D eigenvalue weighted by Gasteiger charge is 2.12. The molecule has 6 heteroatoms. The molecule has 0 aliphatic carbocycles. The van der Waals surface area contributed by atoms with Gasteiger partial charge < -0.3 is 15.0 Å². The van der Waals surface area contributed by atoms with Crippen molar-refractivity contribution in [2.24, 2.45) is 0 Å². The summed E-state index contributed by atoms with van der Waals surface area (Å²) in [6.45, 7) is 0.327. The summed E-state index contributed by atoms with van der Waals surface area (Å²) in [5.74, 6) is 0.741. The number of benzene rings is 1. The van der Waals surface area contributed by atoms with Gasteiger partial charge in [0.05, 0.1) is 0 Å². The van der Waals surface area contributed by atoms with Gasteiger partial charge in [0.15, 0.2) is 0 Å². The van der Waals surface area contributed by atoms with Crippen LogP contribution in [0.3, 0.4) is 0 Å². The molecule has 1 aromatic carbocycles. The lowest BCUT2D eigenvalue weighted by molar-refractivity contribution is -0.122. The number of aliphatic hydroxyl groups excluding tert-OH is 1. The third kappa shape index (κ3) is 4.40. The van der Waals surface area contributed by atoms with Crippen LogP contribution in [0.2, 0.25) is 5.02 Å². The number of thioether (sulfide) groups is 1. The fraction of sp³-hybridized carbons (Fsp3) is 0.400. The molecule has 1 heterocycles. The van der Waals surface area contributed by atoms with E-state index >= 15 is 0 Å². The summed E-state index contributed by atoms with van der Waals surface area (Å²) >= 11 is 7.66. The van der Waals surface area contributed by atoms with Crippen molar-refractivity contribution in [3.8, 4) is 0 Å². The van der Waals surface area contributed by atoms with Crippen molar-refractivity contribution in [1.29, 1.82) is 0 Å². The molecule has 114 valence electrons. The molecule has 0 fully saturated rings. The van der Waals surface area contributed by atoms with Crippen LogP contribution in [0.15, 0.2) is 30.5 Å². The smallest absolute Gasteiger partial charge is 0.240 e. The molecular weight excluding hydrogens is 308 g/mol. The highest BCUT2D eigenvalue weighted by Crippen LogP contribution is 2.20. The Bertz CT molecular complexity index is 609. The van der Waals surface area contributed by atoms with E-state index in [0.29, 0.717) is 11.4 Å². The van der Waals surface area contributed by atoms with Crippen LogP contribution < -0.4 is 5.32 Å². The summed E-state index contributed by atoms with van der Waals surface area (Å²) in [6, 6.07) is 7.60. The SMILES string of the molecule is CSCC(CCO)NC(=O)Cn1ccc2ccc(Cl)cc21. The topological polar surface area (TPSA) is 54.3 Å². The van der Waals surface area contributed by atoms with E-state index in [0.717, 1.165) is 16.7 Å². The molecule has 21 heavy (non-hydrogen) atoms. The van der Waals surface area contributed by atoms with Crippen LogP contribution in [0.25, 0.3) is 10.9 Å². The molecule has 0 saturated heterocycles. The number of carbonyl (C=O) groups is 1. The van der Waals surface area contributed by atoms with Crippen molar-refractivity contribution >= 4 is 40.2 Å². The lowest BCUT2D eigenvalue weighted by Gasteiger charge is -2.17. The average Bonchev–Trinajstić information content (AvgIpc) is 2.82. The van der Waals surface area contributed by atoms with Gasteiger partial charge in [-0.1, -0.05) is 17.7 Å². The largest absolute Gasteiger partial charge is 0.396 e. The number of nitrogens with zero attached hydrogens (tertiary/aromatic N) is 1. The minimum absolute atomic E-state index is 0.00270. The maximum Gasteiger partial charge on any atom is 0.240 e. The Hall–Kier alpha value is -1.17. The summed E-state index contributed by atoms with van der Waals surface area (Å²) < 4.78 is 1.88. The number of rotatable bonds is 7. The van der Waals surface area contributed by atoms with Crippen molar-refractivity contribution in [3.63, 3.8) is 0 Å². The van der Waals surface area contributed by atoms with E-state index in [1.54, 1.807) is 11.8 Å². The van der Waals surface area contributed by atoms with Gasteiger partial charge in [-0.05, 0) is 36.3 Å². The zero-order chi connectivity index (χ0) is 15.2. The Morgan fingerprint density at radius 1 is 1.48 bits per heavy atom. The lowest BCUT2D eigenvalue weighted by Crippen LogP contribution is -2.39. The second-order valence-electron chi connectivity index (χ2n) is 4.88. The van der Waals surface area contributed by atoms with Gasteiger partial charge in [-0.15, -0.1) is 0 Å². The molecule has 0 spiro atoms. The number of aromatic nitrogens is 1. The Labute approximate surface area is 133 Å². The number of carbonyl (C=O) groups excluding carboxylic acids is 1. The summed E-state index contributed by atoms with van der Waals surface area (Å²) in [7, 11) is 0. The van der Waals surface area contributed by atoms with Crippen molar-refractivity contribution in [3.05, 3.63) is 35.5 Å². The second-order valence-corrected chi connectivity index (χ2v) is 6.23. The lowest BCUT2D eigenvalue weighted by atomic mass is 10.2. The van der Waals surface area contributed by atoms with Crippen LogP contribution >= 0.6 is 23.4 Å². The monoisotopic (exact) mass is 326 g/mol. The number of amides is 1.